The average Bonchev–Trinajstić information content (AvgIpc) is 2.06. The van der Waals surface area contributed by atoms with E-state index in [1.54, 1.807) is 0 Å². The fraction of sp³-hybridized carbons (Fsp3) is 1.00. The van der Waals surface area contributed by atoms with Crippen molar-refractivity contribution in [3.8, 4) is 0 Å². The first-order valence-electron chi connectivity index (χ1n) is 5.10. The van der Waals surface area contributed by atoms with Crippen LogP contribution < -0.4 is 0 Å². The summed E-state index contributed by atoms with van der Waals surface area (Å²) in [5.41, 5.74) is 0. The maximum atomic E-state index is 9.64. The molecule has 1 heterocycles. The maximum Gasteiger partial charge on any atom is 0.0689 e. The highest BCUT2D eigenvalue weighted by molar-refractivity contribution is 4.70. The van der Waals surface area contributed by atoms with E-state index in [0.717, 1.165) is 6.54 Å². The highest BCUT2D eigenvalue weighted by atomic mass is 16.3. The van der Waals surface area contributed by atoms with E-state index in [2.05, 4.69) is 18.7 Å². The summed E-state index contributed by atoms with van der Waals surface area (Å²) in [5.74, 6) is 0.395. The van der Waals surface area contributed by atoms with E-state index < -0.39 is 0 Å². The lowest BCUT2D eigenvalue weighted by atomic mass is 10.1. The molecule has 1 N–H and O–H groups in total. The number of β-amino-alcohol motifs (C(OH)–C–C–N with tert-alkyl or cyclic N) is 1. The molecule has 1 rings (SSSR count). The number of aliphatic hydroxyl groups excluding tert-OH is 1. The second-order valence-electron chi connectivity index (χ2n) is 4.17. The lowest BCUT2D eigenvalue weighted by Crippen LogP contribution is -2.38. The van der Waals surface area contributed by atoms with Gasteiger partial charge in [-0.2, -0.15) is 0 Å². The van der Waals surface area contributed by atoms with E-state index in [9.17, 15) is 5.11 Å². The molecule has 0 aliphatic carbocycles. The van der Waals surface area contributed by atoms with E-state index in [0.29, 0.717) is 5.92 Å². The first-order chi connectivity index (χ1) is 5.70. The van der Waals surface area contributed by atoms with Gasteiger partial charge in [0.25, 0.3) is 0 Å². The second-order valence-corrected chi connectivity index (χ2v) is 4.17. The molecule has 2 nitrogen and oxygen atoms in total. The molecule has 1 fully saturated rings. The van der Waals surface area contributed by atoms with Gasteiger partial charge in [-0.05, 0) is 31.8 Å². The van der Waals surface area contributed by atoms with Crippen LogP contribution in [0.4, 0.5) is 0 Å². The first-order valence-corrected chi connectivity index (χ1v) is 5.10. The molecule has 0 spiro atoms. The Morgan fingerprint density at radius 1 is 1.17 bits per heavy atom. The Bertz CT molecular complexity index is 119. The lowest BCUT2D eigenvalue weighted by Gasteiger charge is -2.29. The standard InChI is InChI=1S/C10H21NO/c1-9(2)10(12)8-11-6-4-3-5-7-11/h9-10,12H,3-8H2,1-2H3/t10-/m0/s1. The van der Waals surface area contributed by atoms with E-state index >= 15 is 0 Å². The molecule has 0 saturated carbocycles. The number of aliphatic hydroxyl groups is 1. The second kappa shape index (κ2) is 4.83. The lowest BCUT2D eigenvalue weighted by molar-refractivity contribution is 0.0684. The summed E-state index contributed by atoms with van der Waals surface area (Å²) in [7, 11) is 0. The molecule has 12 heavy (non-hydrogen) atoms. The molecule has 0 aromatic rings. The summed E-state index contributed by atoms with van der Waals surface area (Å²) < 4.78 is 0. The Morgan fingerprint density at radius 3 is 2.25 bits per heavy atom. The van der Waals surface area contributed by atoms with Gasteiger partial charge in [-0.25, -0.2) is 0 Å². The van der Waals surface area contributed by atoms with Crippen LogP contribution in [0.5, 0.6) is 0 Å². The van der Waals surface area contributed by atoms with Crippen molar-refractivity contribution in [2.24, 2.45) is 5.92 Å². The minimum atomic E-state index is -0.136. The Kier molecular flexibility index (Phi) is 4.02. The van der Waals surface area contributed by atoms with Gasteiger partial charge in [0.2, 0.25) is 0 Å². The number of hydrogen-bond acceptors (Lipinski definition) is 2. The molecule has 2 heteroatoms. The summed E-state index contributed by atoms with van der Waals surface area (Å²) in [5, 5.41) is 9.64. The van der Waals surface area contributed by atoms with E-state index in [1.165, 1.54) is 32.4 Å². The van der Waals surface area contributed by atoms with Crippen LogP contribution in [0.1, 0.15) is 33.1 Å². The molecule has 0 amide bonds. The van der Waals surface area contributed by atoms with Crippen molar-refractivity contribution in [1.29, 1.82) is 0 Å². The van der Waals surface area contributed by atoms with Crippen LogP contribution in [-0.4, -0.2) is 35.7 Å². The largest absolute Gasteiger partial charge is 0.392 e. The van der Waals surface area contributed by atoms with Crippen molar-refractivity contribution < 1.29 is 5.11 Å². The molecular formula is C10H21NO. The van der Waals surface area contributed by atoms with Crippen LogP contribution in [-0.2, 0) is 0 Å². The fourth-order valence-electron chi connectivity index (χ4n) is 1.62. The third-order valence-corrected chi connectivity index (χ3v) is 2.66. The number of likely N-dealkylation sites (tertiary alicyclic amines) is 1. The smallest absolute Gasteiger partial charge is 0.0689 e. The predicted molar refractivity (Wildman–Crippen MR) is 51.1 cm³/mol. The summed E-state index contributed by atoms with van der Waals surface area (Å²) in [6, 6.07) is 0. The molecule has 0 aromatic heterocycles. The quantitative estimate of drug-likeness (QED) is 0.695. The van der Waals surface area contributed by atoms with Gasteiger partial charge in [-0.15, -0.1) is 0 Å². The number of piperidine rings is 1. The third kappa shape index (κ3) is 3.11. The van der Waals surface area contributed by atoms with Crippen molar-refractivity contribution in [2.75, 3.05) is 19.6 Å². The highest BCUT2D eigenvalue weighted by Gasteiger charge is 2.16. The van der Waals surface area contributed by atoms with E-state index in [1.807, 2.05) is 0 Å². The Hall–Kier alpha value is -0.0800. The molecular weight excluding hydrogens is 150 g/mol. The molecule has 0 bridgehead atoms. The number of hydrogen-bond donors (Lipinski definition) is 1. The van der Waals surface area contributed by atoms with Crippen LogP contribution >= 0.6 is 0 Å². The molecule has 0 unspecified atom stereocenters. The summed E-state index contributed by atoms with van der Waals surface area (Å²) in [6.07, 6.45) is 3.85. The van der Waals surface area contributed by atoms with Gasteiger partial charge < -0.3 is 10.0 Å². The molecule has 72 valence electrons. The highest BCUT2D eigenvalue weighted by Crippen LogP contribution is 2.11. The van der Waals surface area contributed by atoms with Crippen LogP contribution in [0.3, 0.4) is 0 Å². The van der Waals surface area contributed by atoms with Gasteiger partial charge in [0.15, 0.2) is 0 Å². The van der Waals surface area contributed by atoms with Crippen molar-refractivity contribution in [1.82, 2.24) is 4.90 Å². The van der Waals surface area contributed by atoms with Gasteiger partial charge >= 0.3 is 0 Å². The van der Waals surface area contributed by atoms with Gasteiger partial charge in [-0.1, -0.05) is 20.3 Å². The minimum Gasteiger partial charge on any atom is -0.392 e. The van der Waals surface area contributed by atoms with Crippen molar-refractivity contribution in [3.05, 3.63) is 0 Å². The van der Waals surface area contributed by atoms with Crippen molar-refractivity contribution in [3.63, 3.8) is 0 Å². The molecule has 1 aliphatic rings. The van der Waals surface area contributed by atoms with Crippen LogP contribution in [0.2, 0.25) is 0 Å². The molecule has 1 aliphatic heterocycles. The fourth-order valence-corrected chi connectivity index (χ4v) is 1.62. The van der Waals surface area contributed by atoms with Crippen LogP contribution in [0, 0.1) is 5.92 Å². The number of rotatable bonds is 3. The molecule has 1 atom stereocenters. The summed E-state index contributed by atoms with van der Waals surface area (Å²) in [4.78, 5) is 2.38. The Balaban J connectivity index is 2.20. The maximum absolute atomic E-state index is 9.64. The summed E-state index contributed by atoms with van der Waals surface area (Å²) >= 11 is 0. The van der Waals surface area contributed by atoms with E-state index in [-0.39, 0.29) is 6.10 Å². The van der Waals surface area contributed by atoms with Gasteiger partial charge in [-0.3, -0.25) is 0 Å². The molecule has 0 aromatic carbocycles. The van der Waals surface area contributed by atoms with Crippen molar-refractivity contribution >= 4 is 0 Å². The normalized spacial score (nSPS) is 23.0. The Morgan fingerprint density at radius 2 is 1.75 bits per heavy atom. The predicted octanol–water partition coefficient (Wildman–Crippen LogP) is 1.49. The van der Waals surface area contributed by atoms with Crippen molar-refractivity contribution in [2.45, 2.75) is 39.2 Å². The monoisotopic (exact) mass is 171 g/mol. The van der Waals surface area contributed by atoms with Gasteiger partial charge in [0.05, 0.1) is 6.10 Å². The number of nitrogens with zero attached hydrogens (tertiary/aromatic N) is 1. The minimum absolute atomic E-state index is 0.136. The molecule has 0 radical (unpaired) electrons. The first kappa shape index (κ1) is 10.0. The third-order valence-electron chi connectivity index (χ3n) is 2.66. The zero-order valence-corrected chi connectivity index (χ0v) is 8.29. The van der Waals surface area contributed by atoms with E-state index in [4.69, 9.17) is 0 Å². The summed E-state index contributed by atoms with van der Waals surface area (Å²) in [6.45, 7) is 7.40. The zero-order valence-electron chi connectivity index (χ0n) is 8.29. The van der Waals surface area contributed by atoms with Gasteiger partial charge in [0.1, 0.15) is 0 Å². The average molecular weight is 171 g/mol. The zero-order chi connectivity index (χ0) is 8.97. The topological polar surface area (TPSA) is 23.5 Å². The van der Waals surface area contributed by atoms with Crippen LogP contribution in [0.15, 0.2) is 0 Å². The van der Waals surface area contributed by atoms with Gasteiger partial charge in [0, 0.05) is 6.54 Å². The molecule has 1 saturated heterocycles. The van der Waals surface area contributed by atoms with Crippen LogP contribution in [0.25, 0.3) is 0 Å². The Labute approximate surface area is 75.6 Å². The SMILES string of the molecule is CC(C)[C@@H](O)CN1CCCCC1.